The van der Waals surface area contributed by atoms with Gasteiger partial charge in [-0.05, 0) is 96.2 Å². The Morgan fingerprint density at radius 3 is 1.38 bits per heavy atom. The van der Waals surface area contributed by atoms with E-state index >= 15 is 0 Å². The molecule has 0 rings (SSSR count). The maximum absolute atomic E-state index is 6.39. The molecule has 0 fully saturated rings. The first-order valence-corrected chi connectivity index (χ1v) is 22.9. The van der Waals surface area contributed by atoms with Crippen molar-refractivity contribution in [2.24, 2.45) is 5.92 Å². The Kier molecular flexibility index (Phi) is 20.4. The first-order chi connectivity index (χ1) is 18.0. The molecule has 0 aliphatic heterocycles. The first kappa shape index (κ1) is 39.3. The second-order valence-corrected chi connectivity index (χ2v) is 24.9. The maximum atomic E-state index is 6.39. The SMILES string of the molecule is CC(C)N(CCCCC(CCCCCCO[Si](C)(C)C(C)C)CCCCCCO[Si](C)(C)C(C)(C)C)C(C)C. The predicted molar refractivity (Wildman–Crippen MR) is 182 cm³/mol. The maximum Gasteiger partial charge on any atom is 0.191 e. The van der Waals surface area contributed by atoms with Crippen molar-refractivity contribution in [3.63, 3.8) is 0 Å². The summed E-state index contributed by atoms with van der Waals surface area (Å²) in [4.78, 5) is 2.66. The van der Waals surface area contributed by atoms with Crippen LogP contribution in [0.25, 0.3) is 0 Å². The minimum atomic E-state index is -1.58. The van der Waals surface area contributed by atoms with E-state index in [1.54, 1.807) is 0 Å². The lowest BCUT2D eigenvalue weighted by molar-refractivity contribution is 0.169. The second kappa shape index (κ2) is 20.3. The number of hydrogen-bond donors (Lipinski definition) is 0. The molecule has 0 spiro atoms. The molecule has 5 heteroatoms. The van der Waals surface area contributed by atoms with E-state index in [0.29, 0.717) is 22.7 Å². The van der Waals surface area contributed by atoms with Crippen molar-refractivity contribution in [2.75, 3.05) is 19.8 Å². The van der Waals surface area contributed by atoms with Crippen LogP contribution in [0.15, 0.2) is 0 Å². The lowest BCUT2D eigenvalue weighted by Crippen LogP contribution is -2.40. The molecule has 0 saturated heterocycles. The average Bonchev–Trinajstić information content (AvgIpc) is 2.80. The van der Waals surface area contributed by atoms with E-state index in [4.69, 9.17) is 8.85 Å². The van der Waals surface area contributed by atoms with Gasteiger partial charge in [-0.2, -0.15) is 0 Å². The molecule has 236 valence electrons. The molecule has 0 saturated carbocycles. The highest BCUT2D eigenvalue weighted by molar-refractivity contribution is 6.74. The molecular formula is C34H75NO2Si2. The number of nitrogens with zero attached hydrogens (tertiary/aromatic N) is 1. The number of unbranched alkanes of at least 4 members (excludes halogenated alkanes) is 7. The summed E-state index contributed by atoms with van der Waals surface area (Å²) in [6.07, 6.45) is 17.7. The Morgan fingerprint density at radius 1 is 0.564 bits per heavy atom. The van der Waals surface area contributed by atoms with Crippen molar-refractivity contribution in [3.05, 3.63) is 0 Å². The predicted octanol–water partition coefficient (Wildman–Crippen LogP) is 11.4. The van der Waals surface area contributed by atoms with Crippen LogP contribution in [-0.4, -0.2) is 53.4 Å². The van der Waals surface area contributed by atoms with Gasteiger partial charge in [-0.3, -0.25) is 4.90 Å². The molecule has 0 bridgehead atoms. The molecule has 0 aromatic heterocycles. The summed E-state index contributed by atoms with van der Waals surface area (Å²) < 4.78 is 12.7. The van der Waals surface area contributed by atoms with Crippen molar-refractivity contribution in [1.29, 1.82) is 0 Å². The molecule has 0 aromatic rings. The molecule has 39 heavy (non-hydrogen) atoms. The van der Waals surface area contributed by atoms with Crippen LogP contribution in [0, 0.1) is 5.92 Å². The van der Waals surface area contributed by atoms with Crippen LogP contribution in [0.5, 0.6) is 0 Å². The van der Waals surface area contributed by atoms with Gasteiger partial charge in [0.2, 0.25) is 0 Å². The molecule has 0 aliphatic rings. The number of rotatable bonds is 24. The first-order valence-electron chi connectivity index (χ1n) is 17.0. The van der Waals surface area contributed by atoms with Gasteiger partial charge < -0.3 is 8.85 Å². The zero-order valence-corrected chi connectivity index (χ0v) is 31.4. The van der Waals surface area contributed by atoms with Gasteiger partial charge >= 0.3 is 0 Å². The van der Waals surface area contributed by atoms with Crippen molar-refractivity contribution < 1.29 is 8.85 Å². The Bertz CT molecular complexity index is 576. The molecule has 3 nitrogen and oxygen atoms in total. The Morgan fingerprint density at radius 2 is 0.974 bits per heavy atom. The van der Waals surface area contributed by atoms with Crippen LogP contribution in [0.1, 0.15) is 146 Å². The molecule has 0 N–H and O–H groups in total. The molecule has 0 aliphatic carbocycles. The molecular weight excluding hydrogens is 511 g/mol. The van der Waals surface area contributed by atoms with Gasteiger partial charge in [-0.15, -0.1) is 0 Å². The molecule has 0 amide bonds. The highest BCUT2D eigenvalue weighted by Gasteiger charge is 2.36. The normalized spacial score (nSPS) is 14.4. The zero-order chi connectivity index (χ0) is 30.1. The Labute approximate surface area is 250 Å². The van der Waals surface area contributed by atoms with Crippen molar-refractivity contribution >= 4 is 16.6 Å². The molecule has 1 atom stereocenters. The molecule has 1 unspecified atom stereocenters. The van der Waals surface area contributed by atoms with E-state index in [-0.39, 0.29) is 0 Å². The van der Waals surface area contributed by atoms with Crippen LogP contribution in [0.4, 0.5) is 0 Å². The lowest BCUT2D eigenvalue weighted by atomic mass is 9.90. The van der Waals surface area contributed by atoms with Crippen molar-refractivity contribution in [2.45, 2.75) is 195 Å². The minimum Gasteiger partial charge on any atom is -0.417 e. The van der Waals surface area contributed by atoms with Crippen LogP contribution in [0.2, 0.25) is 36.8 Å². The fraction of sp³-hybridized carbons (Fsp3) is 1.00. The third-order valence-electron chi connectivity index (χ3n) is 9.75. The van der Waals surface area contributed by atoms with Gasteiger partial charge in [-0.25, -0.2) is 0 Å². The van der Waals surface area contributed by atoms with Crippen molar-refractivity contribution in [3.8, 4) is 0 Å². The summed E-state index contributed by atoms with van der Waals surface area (Å²) >= 11 is 0. The van der Waals surface area contributed by atoms with Crippen LogP contribution in [0.3, 0.4) is 0 Å². The monoisotopic (exact) mass is 586 g/mol. The summed E-state index contributed by atoms with van der Waals surface area (Å²) in [5, 5.41) is 0.320. The quantitative estimate of drug-likeness (QED) is 0.0830. The minimum absolute atomic E-state index is 0.320. The summed E-state index contributed by atoms with van der Waals surface area (Å²) in [7, 11) is -3.05. The second-order valence-electron chi connectivity index (χ2n) is 15.4. The molecule has 0 heterocycles. The van der Waals surface area contributed by atoms with Crippen molar-refractivity contribution in [1.82, 2.24) is 4.90 Å². The van der Waals surface area contributed by atoms with E-state index in [0.717, 1.165) is 19.1 Å². The van der Waals surface area contributed by atoms with Gasteiger partial charge in [0.25, 0.3) is 0 Å². The number of hydrogen-bond acceptors (Lipinski definition) is 3. The van der Waals surface area contributed by atoms with Gasteiger partial charge in [0.1, 0.15) is 0 Å². The highest BCUT2D eigenvalue weighted by Crippen LogP contribution is 2.36. The van der Waals surface area contributed by atoms with Gasteiger partial charge in [-0.1, -0.05) is 98.8 Å². The highest BCUT2D eigenvalue weighted by atomic mass is 28.4. The topological polar surface area (TPSA) is 21.7 Å². The molecule has 0 aromatic carbocycles. The van der Waals surface area contributed by atoms with E-state index in [2.05, 4.69) is 93.4 Å². The third kappa shape index (κ3) is 18.5. The summed E-state index contributed by atoms with van der Waals surface area (Å²) in [6.45, 7) is 33.7. The van der Waals surface area contributed by atoms with Crippen LogP contribution in [-0.2, 0) is 8.85 Å². The van der Waals surface area contributed by atoms with E-state index in [1.165, 1.54) is 90.0 Å². The van der Waals surface area contributed by atoms with Crippen LogP contribution >= 0.6 is 0 Å². The van der Waals surface area contributed by atoms with Gasteiger partial charge in [0.05, 0.1) is 0 Å². The lowest BCUT2D eigenvalue weighted by Gasteiger charge is -2.36. The molecule has 0 radical (unpaired) electrons. The largest absolute Gasteiger partial charge is 0.417 e. The fourth-order valence-corrected chi connectivity index (χ4v) is 7.19. The summed E-state index contributed by atoms with van der Waals surface area (Å²) in [6, 6.07) is 1.30. The summed E-state index contributed by atoms with van der Waals surface area (Å²) in [5.41, 5.74) is 0.705. The third-order valence-corrected chi connectivity index (χ3v) is 18.0. The zero-order valence-electron chi connectivity index (χ0n) is 29.4. The summed E-state index contributed by atoms with van der Waals surface area (Å²) in [5.74, 6) is 0.920. The van der Waals surface area contributed by atoms with E-state index in [9.17, 15) is 0 Å². The Balaban J connectivity index is 4.40. The van der Waals surface area contributed by atoms with Gasteiger partial charge in [0, 0.05) is 25.3 Å². The average molecular weight is 586 g/mol. The van der Waals surface area contributed by atoms with E-state index in [1.807, 2.05) is 0 Å². The Hall–Kier alpha value is 0.314. The standard InChI is InChI=1S/C34H75NO2Si2/c1-30(2)35(31(3)4)27-21-20-26-33(24-18-14-16-22-28-36-38(10,11)32(5)6)25-19-15-17-23-29-37-39(12,13)34(7,8)9/h30-33H,14-29H2,1-13H3. The van der Waals surface area contributed by atoms with Gasteiger partial charge in [0.15, 0.2) is 16.6 Å². The smallest absolute Gasteiger partial charge is 0.191 e. The van der Waals surface area contributed by atoms with E-state index < -0.39 is 16.6 Å². The fourth-order valence-electron chi connectivity index (χ4n) is 5.10. The van der Waals surface area contributed by atoms with Crippen LogP contribution < -0.4 is 0 Å².